The molecule has 8 nitrogen and oxygen atoms in total. The van der Waals surface area contributed by atoms with Crippen molar-refractivity contribution < 1.29 is 19.4 Å². The van der Waals surface area contributed by atoms with Gasteiger partial charge in [0.05, 0.1) is 12.0 Å². The number of hydrogen-bond donors (Lipinski definition) is 2. The van der Waals surface area contributed by atoms with Crippen LogP contribution in [0.25, 0.3) is 0 Å². The van der Waals surface area contributed by atoms with Crippen LogP contribution in [0.4, 0.5) is 0 Å². The van der Waals surface area contributed by atoms with Crippen LogP contribution in [0.15, 0.2) is 18.0 Å². The zero-order valence-electron chi connectivity index (χ0n) is 12.2. The first-order chi connectivity index (χ1) is 9.97. The minimum absolute atomic E-state index is 0.0266. The van der Waals surface area contributed by atoms with Gasteiger partial charge in [-0.3, -0.25) is 4.79 Å². The average Bonchev–Trinajstić information content (AvgIpc) is 2.88. The van der Waals surface area contributed by atoms with Crippen LogP contribution in [0.3, 0.4) is 0 Å². The molecule has 0 spiro atoms. The van der Waals surface area contributed by atoms with Crippen LogP contribution in [0.5, 0.6) is 0 Å². The van der Waals surface area contributed by atoms with Gasteiger partial charge in [0.25, 0.3) is 0 Å². The van der Waals surface area contributed by atoms with E-state index in [-0.39, 0.29) is 19.4 Å². The van der Waals surface area contributed by atoms with Crippen LogP contribution < -0.4 is 5.73 Å². The zero-order valence-corrected chi connectivity index (χ0v) is 12.2. The Morgan fingerprint density at radius 2 is 2.29 bits per heavy atom. The first-order valence-corrected chi connectivity index (χ1v) is 6.67. The summed E-state index contributed by atoms with van der Waals surface area (Å²) in [6.45, 7) is 4.06. The van der Waals surface area contributed by atoms with E-state index in [9.17, 15) is 9.59 Å². The minimum atomic E-state index is -1.09. The van der Waals surface area contributed by atoms with Crippen molar-refractivity contribution in [3.05, 3.63) is 23.7 Å². The Hall–Kier alpha value is -2.38. The summed E-state index contributed by atoms with van der Waals surface area (Å²) in [6.07, 6.45) is 4.17. The van der Waals surface area contributed by atoms with Crippen molar-refractivity contribution >= 4 is 11.9 Å². The maximum atomic E-state index is 11.2. The van der Waals surface area contributed by atoms with Gasteiger partial charge < -0.3 is 15.6 Å². The highest BCUT2D eigenvalue weighted by Crippen LogP contribution is 2.14. The van der Waals surface area contributed by atoms with E-state index in [4.69, 9.17) is 15.6 Å². The molecule has 1 aromatic rings. The Kier molecular flexibility index (Phi) is 6.38. The number of nitrogens with zero attached hydrogens (tertiary/aromatic N) is 3. The lowest BCUT2D eigenvalue weighted by molar-refractivity contribution is -0.141. The van der Waals surface area contributed by atoms with Gasteiger partial charge in [0, 0.05) is 12.8 Å². The number of carbonyl (C=O) groups is 2. The first-order valence-electron chi connectivity index (χ1n) is 6.67. The van der Waals surface area contributed by atoms with Crippen LogP contribution in [0.1, 0.15) is 44.8 Å². The molecule has 0 aliphatic carbocycles. The molecule has 0 aromatic carbocycles. The Balaban J connectivity index is 2.70. The Morgan fingerprint density at radius 1 is 1.57 bits per heavy atom. The molecular weight excluding hydrogens is 276 g/mol. The molecule has 8 heteroatoms. The van der Waals surface area contributed by atoms with E-state index in [1.165, 1.54) is 10.9 Å². The van der Waals surface area contributed by atoms with Crippen molar-refractivity contribution in [2.75, 3.05) is 0 Å². The molecule has 1 rings (SSSR count). The number of hydrogen-bond acceptors (Lipinski definition) is 5. The number of carboxylic acids is 1. The second kappa shape index (κ2) is 8.03. The summed E-state index contributed by atoms with van der Waals surface area (Å²) in [5.74, 6) is -0.810. The molecule has 1 heterocycles. The molecule has 1 aromatic heterocycles. The Labute approximate surface area is 122 Å². The summed E-state index contributed by atoms with van der Waals surface area (Å²) in [7, 11) is 0. The van der Waals surface area contributed by atoms with Crippen LogP contribution >= 0.6 is 0 Å². The fraction of sp³-hybridized carbons (Fsp3) is 0.538. The summed E-state index contributed by atoms with van der Waals surface area (Å²) < 4.78 is 6.72. The second-order valence-corrected chi connectivity index (χ2v) is 4.45. The van der Waals surface area contributed by atoms with Crippen molar-refractivity contribution in [3.63, 3.8) is 0 Å². The van der Waals surface area contributed by atoms with E-state index in [0.717, 1.165) is 12.2 Å². The lowest BCUT2D eigenvalue weighted by Gasteiger charge is -2.10. The van der Waals surface area contributed by atoms with Gasteiger partial charge in [-0.15, -0.1) is 5.10 Å². The van der Waals surface area contributed by atoms with Crippen molar-refractivity contribution in [3.8, 4) is 0 Å². The van der Waals surface area contributed by atoms with Gasteiger partial charge in [0.2, 0.25) is 5.91 Å². The van der Waals surface area contributed by atoms with E-state index >= 15 is 0 Å². The molecule has 0 saturated heterocycles. The van der Waals surface area contributed by atoms with E-state index in [0.29, 0.717) is 5.69 Å². The van der Waals surface area contributed by atoms with E-state index in [2.05, 4.69) is 10.3 Å². The third kappa shape index (κ3) is 5.25. The molecule has 0 aliphatic heterocycles. The predicted molar refractivity (Wildman–Crippen MR) is 74.0 cm³/mol. The highest BCUT2D eigenvalue weighted by molar-refractivity contribution is 5.76. The van der Waals surface area contributed by atoms with Crippen molar-refractivity contribution in [2.45, 2.75) is 45.8 Å². The molecule has 3 N–H and O–H groups in total. The maximum Gasteiger partial charge on any atom is 0.328 e. The molecule has 21 heavy (non-hydrogen) atoms. The van der Waals surface area contributed by atoms with Crippen molar-refractivity contribution in [1.82, 2.24) is 15.0 Å². The molecule has 1 amide bonds. The molecule has 1 atom stereocenters. The summed E-state index contributed by atoms with van der Waals surface area (Å²) in [5.41, 5.74) is 5.55. The highest BCUT2D eigenvalue weighted by Gasteiger charge is 2.22. The van der Waals surface area contributed by atoms with E-state index in [1.807, 2.05) is 19.9 Å². The van der Waals surface area contributed by atoms with Crippen molar-refractivity contribution in [1.29, 1.82) is 0 Å². The molecule has 0 aliphatic rings. The van der Waals surface area contributed by atoms with Gasteiger partial charge in [0.15, 0.2) is 6.04 Å². The zero-order chi connectivity index (χ0) is 15.8. The SMILES string of the molecule is CC=C(CC)OCc1cn(C(CCC(N)=O)C(=O)O)nn1. The number of aromatic nitrogens is 3. The molecule has 116 valence electrons. The van der Waals surface area contributed by atoms with Gasteiger partial charge in [0.1, 0.15) is 12.3 Å². The predicted octanol–water partition coefficient (Wildman–Crippen LogP) is 1.000. The van der Waals surface area contributed by atoms with E-state index < -0.39 is 17.9 Å². The molecule has 0 bridgehead atoms. The lowest BCUT2D eigenvalue weighted by Crippen LogP contribution is -2.22. The third-order valence-corrected chi connectivity index (χ3v) is 2.90. The number of aliphatic carboxylic acids is 1. The van der Waals surface area contributed by atoms with Gasteiger partial charge >= 0.3 is 5.97 Å². The Morgan fingerprint density at radius 3 is 2.81 bits per heavy atom. The number of nitrogens with two attached hydrogens (primary N) is 1. The number of carbonyl (C=O) groups excluding carboxylic acids is 1. The van der Waals surface area contributed by atoms with Gasteiger partial charge in [-0.05, 0) is 19.4 Å². The van der Waals surface area contributed by atoms with Crippen LogP contribution in [-0.2, 0) is 20.9 Å². The lowest BCUT2D eigenvalue weighted by atomic mass is 10.1. The average molecular weight is 296 g/mol. The fourth-order valence-corrected chi connectivity index (χ4v) is 1.74. The molecular formula is C13H20N4O4. The minimum Gasteiger partial charge on any atom is -0.492 e. The summed E-state index contributed by atoms with van der Waals surface area (Å²) in [6, 6.07) is -0.967. The molecule has 0 radical (unpaired) electrons. The summed E-state index contributed by atoms with van der Waals surface area (Å²) in [4.78, 5) is 22.0. The Bertz CT molecular complexity index is 524. The first kappa shape index (κ1) is 16.7. The normalized spacial score (nSPS) is 13.0. The number of rotatable bonds is 9. The van der Waals surface area contributed by atoms with Crippen LogP contribution in [0, 0.1) is 0 Å². The topological polar surface area (TPSA) is 120 Å². The molecule has 1 unspecified atom stereocenters. The molecule has 0 saturated carbocycles. The summed E-state index contributed by atoms with van der Waals surface area (Å²) in [5, 5.41) is 16.8. The fourth-order valence-electron chi connectivity index (χ4n) is 1.74. The number of allylic oxidation sites excluding steroid dienone is 2. The number of carboxylic acid groups (broad SMARTS) is 1. The van der Waals surface area contributed by atoms with Gasteiger partial charge in [-0.25, -0.2) is 9.48 Å². The van der Waals surface area contributed by atoms with Crippen molar-refractivity contribution in [2.24, 2.45) is 5.73 Å². The van der Waals surface area contributed by atoms with Gasteiger partial charge in [-0.2, -0.15) is 0 Å². The van der Waals surface area contributed by atoms with E-state index in [1.54, 1.807) is 0 Å². The summed E-state index contributed by atoms with van der Waals surface area (Å²) >= 11 is 0. The van der Waals surface area contributed by atoms with Crippen LogP contribution in [-0.4, -0.2) is 32.0 Å². The standard InChI is InChI=1S/C13H20N4O4/c1-3-10(4-2)21-8-9-7-17(16-15-9)11(13(19)20)5-6-12(14)18/h3,7,11H,4-6,8H2,1-2H3,(H2,14,18)(H,19,20). The molecule has 0 fully saturated rings. The van der Waals surface area contributed by atoms with Gasteiger partial charge in [-0.1, -0.05) is 12.1 Å². The highest BCUT2D eigenvalue weighted by atomic mass is 16.5. The third-order valence-electron chi connectivity index (χ3n) is 2.90. The number of amides is 1. The smallest absolute Gasteiger partial charge is 0.328 e. The van der Waals surface area contributed by atoms with Crippen LogP contribution in [0.2, 0.25) is 0 Å². The largest absolute Gasteiger partial charge is 0.492 e. The number of ether oxygens (including phenoxy) is 1. The number of primary amides is 1. The second-order valence-electron chi connectivity index (χ2n) is 4.45. The quantitative estimate of drug-likeness (QED) is 0.656. The maximum absolute atomic E-state index is 11.2. The monoisotopic (exact) mass is 296 g/mol.